The van der Waals surface area contributed by atoms with Crippen LogP contribution in [-0.2, 0) is 4.79 Å². The third kappa shape index (κ3) is 2.88. The Bertz CT molecular complexity index is 459. The number of hydrogen-bond donors (Lipinski definition) is 2. The number of benzene rings is 1. The van der Waals surface area contributed by atoms with Crippen molar-refractivity contribution in [2.45, 2.75) is 38.1 Å². The summed E-state index contributed by atoms with van der Waals surface area (Å²) in [6.07, 6.45) is 3.51. The van der Waals surface area contributed by atoms with Crippen molar-refractivity contribution >= 4 is 5.91 Å². The van der Waals surface area contributed by atoms with Crippen LogP contribution in [0.3, 0.4) is 0 Å². The van der Waals surface area contributed by atoms with Crippen molar-refractivity contribution in [3.63, 3.8) is 0 Å². The highest BCUT2D eigenvalue weighted by Crippen LogP contribution is 2.54. The van der Waals surface area contributed by atoms with Crippen molar-refractivity contribution in [3.05, 3.63) is 35.9 Å². The second-order valence-electron chi connectivity index (χ2n) is 6.10. The summed E-state index contributed by atoms with van der Waals surface area (Å²) in [5, 5.41) is 6.30. The molecule has 0 radical (unpaired) electrons. The van der Waals surface area contributed by atoms with E-state index in [4.69, 9.17) is 0 Å². The van der Waals surface area contributed by atoms with E-state index in [-0.39, 0.29) is 11.9 Å². The van der Waals surface area contributed by atoms with Gasteiger partial charge in [0.15, 0.2) is 0 Å². The number of carbonyl (C=O) groups excluding carboxylic acids is 1. The summed E-state index contributed by atoms with van der Waals surface area (Å²) >= 11 is 0. The molecule has 1 heterocycles. The molecule has 1 aliphatic carbocycles. The van der Waals surface area contributed by atoms with Crippen LogP contribution in [0.15, 0.2) is 30.3 Å². The Labute approximate surface area is 121 Å². The number of piperidine rings is 1. The average Bonchev–Trinajstić information content (AvgIpc) is 3.29. The van der Waals surface area contributed by atoms with Crippen molar-refractivity contribution in [2.75, 3.05) is 13.1 Å². The molecule has 2 fully saturated rings. The number of carbonyl (C=O) groups is 1. The van der Waals surface area contributed by atoms with Gasteiger partial charge in [-0.25, -0.2) is 0 Å². The fraction of sp³-hybridized carbons (Fsp3) is 0.588. The minimum absolute atomic E-state index is 0.0192. The molecule has 1 aromatic rings. The number of amides is 1. The van der Waals surface area contributed by atoms with Gasteiger partial charge in [-0.15, -0.1) is 0 Å². The summed E-state index contributed by atoms with van der Waals surface area (Å²) in [6.45, 7) is 3.67. The molecule has 108 valence electrons. The van der Waals surface area contributed by atoms with Crippen molar-refractivity contribution in [1.82, 2.24) is 10.6 Å². The Morgan fingerprint density at radius 1 is 1.30 bits per heavy atom. The van der Waals surface area contributed by atoms with E-state index in [9.17, 15) is 4.79 Å². The van der Waals surface area contributed by atoms with E-state index in [0.29, 0.717) is 5.92 Å². The van der Waals surface area contributed by atoms with E-state index in [2.05, 4.69) is 41.0 Å². The van der Waals surface area contributed by atoms with E-state index < -0.39 is 0 Å². The fourth-order valence-electron chi connectivity index (χ4n) is 3.65. The van der Waals surface area contributed by atoms with Crippen LogP contribution in [0, 0.1) is 11.8 Å². The van der Waals surface area contributed by atoms with Crippen LogP contribution in [0.1, 0.15) is 37.7 Å². The van der Waals surface area contributed by atoms with E-state index in [1.54, 1.807) is 0 Å². The lowest BCUT2D eigenvalue weighted by Crippen LogP contribution is -2.49. The number of nitrogens with one attached hydrogen (secondary N) is 2. The lowest BCUT2D eigenvalue weighted by molar-refractivity contribution is -0.124. The van der Waals surface area contributed by atoms with Crippen LogP contribution in [0.4, 0.5) is 0 Å². The van der Waals surface area contributed by atoms with Gasteiger partial charge in [0.1, 0.15) is 0 Å². The van der Waals surface area contributed by atoms with Gasteiger partial charge in [0.05, 0.1) is 6.04 Å². The predicted molar refractivity (Wildman–Crippen MR) is 80.5 cm³/mol. The van der Waals surface area contributed by atoms with Gasteiger partial charge in [-0.05, 0) is 56.0 Å². The Hall–Kier alpha value is -1.35. The number of hydrogen-bond acceptors (Lipinski definition) is 2. The molecule has 0 bridgehead atoms. The third-order valence-corrected chi connectivity index (χ3v) is 4.78. The molecule has 0 spiro atoms. The first kappa shape index (κ1) is 13.6. The third-order valence-electron chi connectivity index (χ3n) is 4.78. The molecular formula is C17H24N2O. The molecule has 20 heavy (non-hydrogen) atoms. The van der Waals surface area contributed by atoms with Crippen LogP contribution < -0.4 is 10.6 Å². The van der Waals surface area contributed by atoms with Crippen LogP contribution in [0.2, 0.25) is 0 Å². The Morgan fingerprint density at radius 3 is 2.85 bits per heavy atom. The Kier molecular flexibility index (Phi) is 4.06. The lowest BCUT2D eigenvalue weighted by Gasteiger charge is -2.30. The number of likely N-dealkylation sites (N-methyl/N-ethyl adjacent to an activating group) is 1. The van der Waals surface area contributed by atoms with Crippen LogP contribution >= 0.6 is 0 Å². The second-order valence-corrected chi connectivity index (χ2v) is 6.10. The first-order valence-electron chi connectivity index (χ1n) is 7.85. The normalized spacial score (nSPS) is 32.6. The maximum atomic E-state index is 12.0. The molecule has 1 amide bonds. The van der Waals surface area contributed by atoms with Crippen LogP contribution in [0.25, 0.3) is 0 Å². The Balaban J connectivity index is 1.58. The van der Waals surface area contributed by atoms with Crippen molar-refractivity contribution in [3.8, 4) is 0 Å². The van der Waals surface area contributed by atoms with Crippen LogP contribution in [0.5, 0.6) is 0 Å². The minimum atomic E-state index is 0.0192. The lowest BCUT2D eigenvalue weighted by atomic mass is 9.86. The molecule has 3 nitrogen and oxygen atoms in total. The molecule has 4 unspecified atom stereocenters. The highest BCUT2D eigenvalue weighted by atomic mass is 16.2. The monoisotopic (exact) mass is 272 g/mol. The van der Waals surface area contributed by atoms with Crippen LogP contribution in [-0.4, -0.2) is 25.0 Å². The van der Waals surface area contributed by atoms with Crippen molar-refractivity contribution in [2.24, 2.45) is 11.8 Å². The Morgan fingerprint density at radius 2 is 2.10 bits per heavy atom. The maximum Gasteiger partial charge on any atom is 0.237 e. The molecule has 3 rings (SSSR count). The highest BCUT2D eigenvalue weighted by Gasteiger charge is 2.45. The minimum Gasteiger partial charge on any atom is -0.355 e. The fourth-order valence-corrected chi connectivity index (χ4v) is 3.65. The summed E-state index contributed by atoms with van der Waals surface area (Å²) < 4.78 is 0. The molecule has 1 saturated carbocycles. The van der Waals surface area contributed by atoms with Crippen molar-refractivity contribution in [1.29, 1.82) is 0 Å². The SMILES string of the molecule is CCNC(=O)C1CC(C2CC2c2ccccc2)CCN1. The average molecular weight is 272 g/mol. The summed E-state index contributed by atoms with van der Waals surface area (Å²) in [7, 11) is 0. The van der Waals surface area contributed by atoms with Gasteiger partial charge in [0, 0.05) is 6.54 Å². The second kappa shape index (κ2) is 5.96. The molecule has 4 atom stereocenters. The summed E-state index contributed by atoms with van der Waals surface area (Å²) in [6, 6.07) is 10.8. The summed E-state index contributed by atoms with van der Waals surface area (Å²) in [5.41, 5.74) is 1.48. The standard InChI is InChI=1S/C17H24N2O/c1-2-18-17(20)16-10-13(8-9-19-16)15-11-14(15)12-6-4-3-5-7-12/h3-7,13-16,19H,2,8-11H2,1H3,(H,18,20). The molecule has 2 N–H and O–H groups in total. The first-order chi connectivity index (χ1) is 9.79. The highest BCUT2D eigenvalue weighted by molar-refractivity contribution is 5.81. The number of rotatable bonds is 4. The first-order valence-corrected chi connectivity index (χ1v) is 7.85. The van der Waals surface area contributed by atoms with E-state index in [0.717, 1.165) is 31.3 Å². The molecule has 3 heteroatoms. The van der Waals surface area contributed by atoms with Gasteiger partial charge in [0.25, 0.3) is 0 Å². The largest absolute Gasteiger partial charge is 0.355 e. The van der Waals surface area contributed by atoms with Gasteiger partial charge in [-0.1, -0.05) is 30.3 Å². The molecule has 1 aliphatic heterocycles. The van der Waals surface area contributed by atoms with E-state index in [1.807, 2.05) is 6.92 Å². The molecule has 2 aliphatic rings. The zero-order valence-corrected chi connectivity index (χ0v) is 12.1. The molecule has 0 aromatic heterocycles. The van der Waals surface area contributed by atoms with E-state index >= 15 is 0 Å². The maximum absolute atomic E-state index is 12.0. The summed E-state index contributed by atoms with van der Waals surface area (Å²) in [5.74, 6) is 2.40. The quantitative estimate of drug-likeness (QED) is 0.883. The van der Waals surface area contributed by atoms with Gasteiger partial charge >= 0.3 is 0 Å². The van der Waals surface area contributed by atoms with E-state index in [1.165, 1.54) is 18.4 Å². The predicted octanol–water partition coefficient (Wildman–Crippen LogP) is 2.29. The van der Waals surface area contributed by atoms with Gasteiger partial charge < -0.3 is 10.6 Å². The zero-order chi connectivity index (χ0) is 13.9. The zero-order valence-electron chi connectivity index (χ0n) is 12.1. The van der Waals surface area contributed by atoms with Gasteiger partial charge in [0.2, 0.25) is 5.91 Å². The molecule has 1 aromatic carbocycles. The molecule has 1 saturated heterocycles. The van der Waals surface area contributed by atoms with Gasteiger partial charge in [-0.2, -0.15) is 0 Å². The smallest absolute Gasteiger partial charge is 0.237 e. The van der Waals surface area contributed by atoms with Gasteiger partial charge in [-0.3, -0.25) is 4.79 Å². The molecular weight excluding hydrogens is 248 g/mol. The summed E-state index contributed by atoms with van der Waals surface area (Å²) in [4.78, 5) is 12.0. The topological polar surface area (TPSA) is 41.1 Å². The van der Waals surface area contributed by atoms with Crippen molar-refractivity contribution < 1.29 is 4.79 Å².